The molecular weight excluding hydrogens is 508 g/mol. The summed E-state index contributed by atoms with van der Waals surface area (Å²) in [5, 5.41) is 46.7. The van der Waals surface area contributed by atoms with Gasteiger partial charge in [0, 0.05) is 25.7 Å². The molecule has 1 aliphatic rings. The first kappa shape index (κ1) is 28.8. The number of aryl methyl sites for hydroxylation is 1. The number of ether oxygens (including phenoxy) is 1. The summed E-state index contributed by atoms with van der Waals surface area (Å²) in [6, 6.07) is 0. The van der Waals surface area contributed by atoms with Crippen molar-refractivity contribution in [1.82, 2.24) is 39.0 Å². The number of H-pyrrole nitrogens is 1. The van der Waals surface area contributed by atoms with Gasteiger partial charge in [0.15, 0.2) is 23.2 Å². The summed E-state index contributed by atoms with van der Waals surface area (Å²) in [5.41, 5.74) is 12.2. The molecule has 0 aliphatic carbocycles. The van der Waals surface area contributed by atoms with Gasteiger partial charge in [0.05, 0.1) is 19.3 Å². The van der Waals surface area contributed by atoms with E-state index in [-0.39, 0.29) is 41.9 Å². The smallest absolute Gasteiger partial charge is 0.302 e. The van der Waals surface area contributed by atoms with Crippen molar-refractivity contribution in [2.24, 2.45) is 5.92 Å². The van der Waals surface area contributed by atoms with Crippen LogP contribution in [0.1, 0.15) is 12.6 Å². The first-order chi connectivity index (χ1) is 17.8. The molecule has 38 heavy (non-hydrogen) atoms. The average Bonchev–Trinajstić information content (AvgIpc) is 3.57. The Morgan fingerprint density at radius 3 is 2.39 bits per heavy atom. The number of aliphatic hydroxyl groups is 5. The SMILES string of the molecule is Nc1nc(=O)c2ncn(CCC(CO)CO)c2[nH]1.Nc1ncnc2c1ncn2[C@@H]1O[C@H](CO)[C@@H](O)[C@@H]1O.O. The maximum absolute atomic E-state index is 11.5. The van der Waals surface area contributed by atoms with Crippen LogP contribution in [0.15, 0.2) is 23.8 Å². The van der Waals surface area contributed by atoms with Gasteiger partial charge in [-0.3, -0.25) is 9.36 Å². The van der Waals surface area contributed by atoms with Crippen LogP contribution < -0.4 is 17.0 Å². The van der Waals surface area contributed by atoms with Crippen LogP contribution >= 0.6 is 0 Å². The van der Waals surface area contributed by atoms with Crippen LogP contribution in [0.3, 0.4) is 0 Å². The fourth-order valence-electron chi connectivity index (χ4n) is 3.88. The predicted octanol–water partition coefficient (Wildman–Crippen LogP) is -4.11. The number of nitrogens with two attached hydrogens (primary N) is 2. The molecule has 1 saturated heterocycles. The van der Waals surface area contributed by atoms with Crippen molar-refractivity contribution in [3.8, 4) is 0 Å². The molecule has 0 radical (unpaired) electrons. The molecule has 0 unspecified atom stereocenters. The van der Waals surface area contributed by atoms with Gasteiger partial charge in [-0.1, -0.05) is 0 Å². The van der Waals surface area contributed by atoms with Gasteiger partial charge >= 0.3 is 5.56 Å². The number of aromatic amines is 1. The van der Waals surface area contributed by atoms with E-state index < -0.39 is 36.7 Å². The third-order valence-electron chi connectivity index (χ3n) is 5.98. The summed E-state index contributed by atoms with van der Waals surface area (Å²) >= 11 is 0. The monoisotopic (exact) mass is 538 g/mol. The molecule has 4 aromatic heterocycles. The zero-order valence-corrected chi connectivity index (χ0v) is 20.0. The van der Waals surface area contributed by atoms with E-state index in [9.17, 15) is 15.0 Å². The largest absolute Gasteiger partial charge is 0.412 e. The van der Waals surface area contributed by atoms with Crippen molar-refractivity contribution < 1.29 is 35.7 Å². The molecule has 0 spiro atoms. The number of fused-ring (bicyclic) bond motifs is 2. The average molecular weight is 539 g/mol. The standard InChI is InChI=1S/C10H13N5O4.C10H15N5O3.H2O/c11-8-5-9(13-2-12-8)15(3-14-5)10-7(18)6(17)4(1-16)19-10;11-10-13-8-7(9(18)14-10)12-5-15(8)2-1-6(3-16)4-17;/h2-4,6-7,10,16-18H,1H2,(H2,11,12,13);5-6,16-17H,1-4H2,(H3,11,13,14,18);1H2/t4-,6-,7+,10-;;/m1../s1. The summed E-state index contributed by atoms with van der Waals surface area (Å²) in [4.78, 5) is 33.7. The molecule has 4 atom stereocenters. The van der Waals surface area contributed by atoms with Gasteiger partial charge in [-0.2, -0.15) is 4.98 Å². The number of aromatic nitrogens is 8. The quantitative estimate of drug-likeness (QED) is 0.111. The second kappa shape index (κ2) is 12.2. The first-order valence-electron chi connectivity index (χ1n) is 11.3. The van der Waals surface area contributed by atoms with Crippen LogP contribution in [0, 0.1) is 5.92 Å². The summed E-state index contributed by atoms with van der Waals surface area (Å²) in [6.45, 7) is -0.0349. The molecule has 12 N–H and O–H groups in total. The van der Waals surface area contributed by atoms with Crippen LogP contribution in [0.25, 0.3) is 22.3 Å². The van der Waals surface area contributed by atoms with Gasteiger partial charge in [0.2, 0.25) is 5.95 Å². The van der Waals surface area contributed by atoms with Gasteiger partial charge in [0.1, 0.15) is 35.8 Å². The molecular formula is C20H30N10O8. The summed E-state index contributed by atoms with van der Waals surface area (Å²) < 4.78 is 8.57. The Hall–Kier alpha value is -3.78. The van der Waals surface area contributed by atoms with Gasteiger partial charge in [-0.25, -0.2) is 19.9 Å². The Kier molecular flexibility index (Phi) is 9.22. The predicted molar refractivity (Wildman–Crippen MR) is 131 cm³/mol. The number of nitrogen functional groups attached to an aromatic ring is 2. The molecule has 0 amide bonds. The second-order valence-corrected chi connectivity index (χ2v) is 8.39. The molecule has 0 bridgehead atoms. The number of imidazole rings is 2. The Morgan fingerprint density at radius 2 is 1.74 bits per heavy atom. The molecule has 208 valence electrons. The highest BCUT2D eigenvalue weighted by Crippen LogP contribution is 2.31. The lowest BCUT2D eigenvalue weighted by atomic mass is 10.1. The highest BCUT2D eigenvalue weighted by Gasteiger charge is 2.44. The third-order valence-corrected chi connectivity index (χ3v) is 5.98. The molecule has 0 saturated carbocycles. The summed E-state index contributed by atoms with van der Waals surface area (Å²) in [5.74, 6) is 0.0685. The van der Waals surface area contributed by atoms with Crippen molar-refractivity contribution in [2.75, 3.05) is 31.3 Å². The lowest BCUT2D eigenvalue weighted by molar-refractivity contribution is -0.0511. The number of nitrogens with zero attached hydrogens (tertiary/aromatic N) is 7. The van der Waals surface area contributed by atoms with Gasteiger partial charge < -0.3 is 56.8 Å². The van der Waals surface area contributed by atoms with E-state index in [1.165, 1.54) is 23.5 Å². The second-order valence-electron chi connectivity index (χ2n) is 8.39. The highest BCUT2D eigenvalue weighted by molar-refractivity contribution is 5.81. The normalized spacial score (nSPS) is 21.0. The molecule has 1 aliphatic heterocycles. The highest BCUT2D eigenvalue weighted by atomic mass is 16.6. The number of hydrogen-bond acceptors (Lipinski definition) is 14. The maximum Gasteiger partial charge on any atom is 0.302 e. The minimum Gasteiger partial charge on any atom is -0.412 e. The molecule has 1 fully saturated rings. The van der Waals surface area contributed by atoms with Crippen molar-refractivity contribution >= 4 is 34.1 Å². The summed E-state index contributed by atoms with van der Waals surface area (Å²) in [6.07, 6.45) is 0.659. The Balaban J connectivity index is 0.000000206. The van der Waals surface area contributed by atoms with Crippen LogP contribution in [0.5, 0.6) is 0 Å². The molecule has 4 aromatic rings. The number of anilines is 2. The number of rotatable bonds is 7. The van der Waals surface area contributed by atoms with E-state index in [0.29, 0.717) is 29.8 Å². The maximum atomic E-state index is 11.5. The lowest BCUT2D eigenvalue weighted by Crippen LogP contribution is -2.33. The zero-order valence-electron chi connectivity index (χ0n) is 20.0. The topological polar surface area (TPSA) is 301 Å². The molecule has 5 rings (SSSR count). The van der Waals surface area contributed by atoms with Crippen molar-refractivity contribution in [2.45, 2.75) is 37.5 Å². The first-order valence-corrected chi connectivity index (χ1v) is 11.3. The number of hydrogen-bond donors (Lipinski definition) is 8. The van der Waals surface area contributed by atoms with Crippen LogP contribution in [0.4, 0.5) is 11.8 Å². The lowest BCUT2D eigenvalue weighted by Gasteiger charge is -2.16. The fourth-order valence-corrected chi connectivity index (χ4v) is 3.88. The third kappa shape index (κ3) is 5.55. The number of aliphatic hydroxyl groups excluding tert-OH is 5. The van der Waals surface area contributed by atoms with E-state index in [1.54, 1.807) is 4.57 Å². The van der Waals surface area contributed by atoms with Crippen molar-refractivity contribution in [3.63, 3.8) is 0 Å². The fraction of sp³-hybridized carbons (Fsp3) is 0.500. The van der Waals surface area contributed by atoms with E-state index in [0.717, 1.165) is 0 Å². The minimum atomic E-state index is -1.19. The minimum absolute atomic E-state index is 0. The van der Waals surface area contributed by atoms with E-state index in [2.05, 4.69) is 29.9 Å². The summed E-state index contributed by atoms with van der Waals surface area (Å²) in [7, 11) is 0. The Bertz CT molecular complexity index is 1400. The molecule has 0 aromatic carbocycles. The van der Waals surface area contributed by atoms with E-state index in [4.69, 9.17) is 31.5 Å². The Labute approximate surface area is 213 Å². The zero-order chi connectivity index (χ0) is 26.7. The number of nitrogens with one attached hydrogen (secondary N) is 1. The molecule has 5 heterocycles. The van der Waals surface area contributed by atoms with Crippen LogP contribution in [0.2, 0.25) is 0 Å². The van der Waals surface area contributed by atoms with Crippen molar-refractivity contribution in [3.05, 3.63) is 29.3 Å². The molecule has 18 heteroatoms. The van der Waals surface area contributed by atoms with Crippen LogP contribution in [-0.4, -0.2) is 108 Å². The van der Waals surface area contributed by atoms with E-state index >= 15 is 0 Å². The van der Waals surface area contributed by atoms with Gasteiger partial charge in [0.25, 0.3) is 0 Å². The molecule has 18 nitrogen and oxygen atoms in total. The van der Waals surface area contributed by atoms with Crippen LogP contribution in [-0.2, 0) is 11.3 Å². The van der Waals surface area contributed by atoms with E-state index in [1.807, 2.05) is 0 Å². The Morgan fingerprint density at radius 1 is 1.03 bits per heavy atom. The van der Waals surface area contributed by atoms with Gasteiger partial charge in [-0.15, -0.1) is 0 Å². The van der Waals surface area contributed by atoms with Crippen molar-refractivity contribution in [1.29, 1.82) is 0 Å². The van der Waals surface area contributed by atoms with Gasteiger partial charge in [-0.05, 0) is 6.42 Å².